The third-order valence-electron chi connectivity index (χ3n) is 5.18. The highest BCUT2D eigenvalue weighted by Gasteiger charge is 2.19. The van der Waals surface area contributed by atoms with Gasteiger partial charge in [0.25, 0.3) is 0 Å². The molecule has 1 saturated heterocycles. The predicted octanol–water partition coefficient (Wildman–Crippen LogP) is 4.10. The van der Waals surface area contributed by atoms with Crippen molar-refractivity contribution in [2.75, 3.05) is 24.3 Å². The molecule has 3 N–H and O–H groups in total. The van der Waals surface area contributed by atoms with Gasteiger partial charge in [-0.05, 0) is 42.5 Å². The van der Waals surface area contributed by atoms with Crippen LogP contribution in [0.3, 0.4) is 0 Å². The smallest absolute Gasteiger partial charge is 0.144 e. The van der Waals surface area contributed by atoms with Gasteiger partial charge in [-0.3, -0.25) is 4.98 Å². The van der Waals surface area contributed by atoms with E-state index in [-0.39, 0.29) is 6.10 Å². The van der Waals surface area contributed by atoms with Crippen LogP contribution < -0.4 is 20.5 Å². The molecule has 0 unspecified atom stereocenters. The summed E-state index contributed by atoms with van der Waals surface area (Å²) in [6.07, 6.45) is 4.15. The van der Waals surface area contributed by atoms with Gasteiger partial charge in [-0.25, -0.2) is 9.97 Å². The van der Waals surface area contributed by atoms with E-state index in [0.717, 1.165) is 34.5 Å². The number of nitrogens with zero attached hydrogens (tertiary/aromatic N) is 3. The third-order valence-corrected chi connectivity index (χ3v) is 5.18. The van der Waals surface area contributed by atoms with Gasteiger partial charge in [0.1, 0.15) is 36.4 Å². The molecular formula is C24H23N5O3. The van der Waals surface area contributed by atoms with Gasteiger partial charge < -0.3 is 25.3 Å². The summed E-state index contributed by atoms with van der Waals surface area (Å²) >= 11 is 0. The zero-order chi connectivity index (χ0) is 21.8. The van der Waals surface area contributed by atoms with Crippen molar-refractivity contribution in [2.45, 2.75) is 19.1 Å². The number of hydrogen-bond acceptors (Lipinski definition) is 8. The molecule has 162 valence electrons. The largest absolute Gasteiger partial charge is 0.487 e. The standard InChI is InChI=1S/C24H23N5O3/c25-21-11-20-22(12-23(21)32-19-8-10-30-14-19)27-15-28-24(20)29-16-4-6-18(7-5-16)31-13-17-3-1-2-9-26-17/h1-7,9,11-12,15,19H,8,10,13-14,25H2,(H,27,28,29)/t19-/m0/s1. The highest BCUT2D eigenvalue weighted by molar-refractivity contribution is 5.94. The van der Waals surface area contributed by atoms with Crippen molar-refractivity contribution in [3.63, 3.8) is 0 Å². The lowest BCUT2D eigenvalue weighted by atomic mass is 10.2. The summed E-state index contributed by atoms with van der Waals surface area (Å²) < 4.78 is 17.2. The molecule has 1 aliphatic rings. The van der Waals surface area contributed by atoms with Gasteiger partial charge in [0, 0.05) is 29.8 Å². The Morgan fingerprint density at radius 1 is 1.06 bits per heavy atom. The Morgan fingerprint density at radius 2 is 1.97 bits per heavy atom. The van der Waals surface area contributed by atoms with E-state index in [4.69, 9.17) is 19.9 Å². The van der Waals surface area contributed by atoms with E-state index in [1.165, 1.54) is 6.33 Å². The molecule has 2 aromatic carbocycles. The number of pyridine rings is 1. The number of nitrogens with one attached hydrogen (secondary N) is 1. The van der Waals surface area contributed by atoms with Gasteiger partial charge in [0.05, 0.1) is 30.1 Å². The first-order valence-electron chi connectivity index (χ1n) is 10.4. The summed E-state index contributed by atoms with van der Waals surface area (Å²) in [5, 5.41) is 4.15. The number of anilines is 3. The lowest BCUT2D eigenvalue weighted by Crippen LogP contribution is -2.16. The molecule has 0 bridgehead atoms. The molecule has 8 nitrogen and oxygen atoms in total. The quantitative estimate of drug-likeness (QED) is 0.423. The number of aromatic nitrogens is 3. The van der Waals surface area contributed by atoms with Crippen molar-refractivity contribution in [2.24, 2.45) is 0 Å². The fraction of sp³-hybridized carbons (Fsp3) is 0.208. The molecule has 1 aliphatic heterocycles. The van der Waals surface area contributed by atoms with Crippen LogP contribution in [0.25, 0.3) is 10.9 Å². The number of nitrogens with two attached hydrogens (primary N) is 1. The number of benzene rings is 2. The van der Waals surface area contributed by atoms with Crippen LogP contribution in [0, 0.1) is 0 Å². The maximum absolute atomic E-state index is 6.26. The van der Waals surface area contributed by atoms with Gasteiger partial charge in [0.15, 0.2) is 0 Å². The molecule has 0 aliphatic carbocycles. The molecule has 1 fully saturated rings. The second-order valence-corrected chi connectivity index (χ2v) is 7.49. The molecule has 32 heavy (non-hydrogen) atoms. The summed E-state index contributed by atoms with van der Waals surface area (Å²) in [5.41, 5.74) is 9.30. The van der Waals surface area contributed by atoms with E-state index >= 15 is 0 Å². The molecule has 1 atom stereocenters. The van der Waals surface area contributed by atoms with Crippen LogP contribution in [0.2, 0.25) is 0 Å². The Hall–Kier alpha value is -3.91. The summed E-state index contributed by atoms with van der Waals surface area (Å²) in [7, 11) is 0. The lowest BCUT2D eigenvalue weighted by Gasteiger charge is -2.15. The van der Waals surface area contributed by atoms with Crippen molar-refractivity contribution >= 4 is 28.1 Å². The van der Waals surface area contributed by atoms with Crippen LogP contribution in [0.1, 0.15) is 12.1 Å². The zero-order valence-electron chi connectivity index (χ0n) is 17.4. The number of fused-ring (bicyclic) bond motifs is 1. The van der Waals surface area contributed by atoms with Gasteiger partial charge in [-0.2, -0.15) is 0 Å². The van der Waals surface area contributed by atoms with Gasteiger partial charge in [0.2, 0.25) is 0 Å². The second kappa shape index (κ2) is 9.07. The first kappa shape index (κ1) is 20.0. The minimum Gasteiger partial charge on any atom is -0.487 e. The van der Waals surface area contributed by atoms with E-state index in [0.29, 0.717) is 37.1 Å². The number of nitrogen functional groups attached to an aromatic ring is 1. The van der Waals surface area contributed by atoms with Crippen molar-refractivity contribution < 1.29 is 14.2 Å². The first-order chi connectivity index (χ1) is 15.7. The van der Waals surface area contributed by atoms with Crippen LogP contribution >= 0.6 is 0 Å². The van der Waals surface area contributed by atoms with Crippen LogP contribution in [-0.2, 0) is 11.3 Å². The van der Waals surface area contributed by atoms with Crippen molar-refractivity contribution in [1.29, 1.82) is 0 Å². The summed E-state index contributed by atoms with van der Waals surface area (Å²) in [6, 6.07) is 17.1. The Labute approximate surface area is 185 Å². The van der Waals surface area contributed by atoms with Crippen LogP contribution in [0.4, 0.5) is 17.2 Å². The Balaban J connectivity index is 1.30. The SMILES string of the molecule is Nc1cc2c(Nc3ccc(OCc4ccccn4)cc3)ncnc2cc1O[C@H]1CCOC1. The second-order valence-electron chi connectivity index (χ2n) is 7.49. The lowest BCUT2D eigenvalue weighted by molar-refractivity contribution is 0.142. The summed E-state index contributed by atoms with van der Waals surface area (Å²) in [6.45, 7) is 1.71. The van der Waals surface area contributed by atoms with Crippen LogP contribution in [0.15, 0.2) is 67.1 Å². The molecule has 5 rings (SSSR count). The number of hydrogen-bond donors (Lipinski definition) is 2. The summed E-state index contributed by atoms with van der Waals surface area (Å²) in [4.78, 5) is 13.0. The molecule has 0 saturated carbocycles. The average Bonchev–Trinajstić information content (AvgIpc) is 3.34. The van der Waals surface area contributed by atoms with E-state index in [1.807, 2.05) is 54.6 Å². The predicted molar refractivity (Wildman–Crippen MR) is 122 cm³/mol. The van der Waals surface area contributed by atoms with E-state index in [1.54, 1.807) is 6.20 Å². The molecule has 8 heteroatoms. The normalized spacial score (nSPS) is 15.6. The van der Waals surface area contributed by atoms with Crippen molar-refractivity contribution in [3.05, 3.63) is 72.8 Å². The molecule has 0 radical (unpaired) electrons. The fourth-order valence-electron chi connectivity index (χ4n) is 3.50. The third kappa shape index (κ3) is 4.55. The van der Waals surface area contributed by atoms with E-state index < -0.39 is 0 Å². The van der Waals surface area contributed by atoms with Crippen molar-refractivity contribution in [1.82, 2.24) is 15.0 Å². The molecule has 2 aromatic heterocycles. The van der Waals surface area contributed by atoms with Crippen LogP contribution in [0.5, 0.6) is 11.5 Å². The zero-order valence-corrected chi connectivity index (χ0v) is 17.4. The molecule has 0 amide bonds. The molecular weight excluding hydrogens is 406 g/mol. The highest BCUT2D eigenvalue weighted by Crippen LogP contribution is 2.32. The summed E-state index contributed by atoms with van der Waals surface area (Å²) in [5.74, 6) is 2.04. The number of ether oxygens (including phenoxy) is 3. The maximum Gasteiger partial charge on any atom is 0.144 e. The Morgan fingerprint density at radius 3 is 2.75 bits per heavy atom. The maximum atomic E-state index is 6.26. The Kier molecular flexibility index (Phi) is 5.67. The minimum atomic E-state index is 0.0209. The fourth-order valence-corrected chi connectivity index (χ4v) is 3.50. The highest BCUT2D eigenvalue weighted by atomic mass is 16.5. The van der Waals surface area contributed by atoms with Crippen LogP contribution in [-0.4, -0.2) is 34.3 Å². The molecule has 3 heterocycles. The van der Waals surface area contributed by atoms with E-state index in [2.05, 4.69) is 20.3 Å². The number of rotatable bonds is 7. The van der Waals surface area contributed by atoms with Gasteiger partial charge in [-0.15, -0.1) is 0 Å². The monoisotopic (exact) mass is 429 g/mol. The van der Waals surface area contributed by atoms with Crippen molar-refractivity contribution in [3.8, 4) is 11.5 Å². The molecule has 4 aromatic rings. The topological polar surface area (TPSA) is 104 Å². The minimum absolute atomic E-state index is 0.0209. The average molecular weight is 429 g/mol. The van der Waals surface area contributed by atoms with Gasteiger partial charge in [-0.1, -0.05) is 6.07 Å². The van der Waals surface area contributed by atoms with E-state index in [9.17, 15) is 0 Å². The van der Waals surface area contributed by atoms with Gasteiger partial charge >= 0.3 is 0 Å². The first-order valence-corrected chi connectivity index (χ1v) is 10.4. The molecule has 0 spiro atoms. The Bertz CT molecular complexity index is 1200.